The van der Waals surface area contributed by atoms with E-state index in [1.807, 2.05) is 24.0 Å². The van der Waals surface area contributed by atoms with Crippen LogP contribution in [-0.4, -0.2) is 41.9 Å². The second-order valence-electron chi connectivity index (χ2n) is 6.02. The molecule has 4 heterocycles. The minimum Gasteiger partial charge on any atom is -0.329 e. The van der Waals surface area contributed by atoms with E-state index in [-0.39, 0.29) is 11.9 Å². The Morgan fingerprint density at radius 2 is 2.17 bits per heavy atom. The van der Waals surface area contributed by atoms with Crippen LogP contribution in [0.4, 0.5) is 0 Å². The van der Waals surface area contributed by atoms with Crippen molar-refractivity contribution >= 4 is 11.6 Å². The van der Waals surface area contributed by atoms with Gasteiger partial charge in [-0.3, -0.25) is 9.78 Å². The lowest BCUT2D eigenvalue weighted by Gasteiger charge is -2.35. The van der Waals surface area contributed by atoms with Gasteiger partial charge in [0.1, 0.15) is 5.69 Å². The maximum Gasteiger partial charge on any atom is 0.274 e. The summed E-state index contributed by atoms with van der Waals surface area (Å²) in [4.78, 5) is 27.6. The van der Waals surface area contributed by atoms with Crippen LogP contribution in [0.1, 0.15) is 47.2 Å². The highest BCUT2D eigenvalue weighted by molar-refractivity contribution is 5.92. The number of nitrogens with zero attached hydrogens (tertiary/aromatic N) is 6. The minimum absolute atomic E-state index is 0.0353. The maximum absolute atomic E-state index is 12.9. The largest absolute Gasteiger partial charge is 0.329 e. The van der Waals surface area contributed by atoms with Crippen LogP contribution in [0.5, 0.6) is 0 Å². The highest BCUT2D eigenvalue weighted by atomic mass is 16.2. The molecule has 1 amide bonds. The summed E-state index contributed by atoms with van der Waals surface area (Å²) in [6, 6.07) is 3.87. The van der Waals surface area contributed by atoms with E-state index in [2.05, 4.69) is 15.1 Å². The van der Waals surface area contributed by atoms with Crippen LogP contribution >= 0.6 is 0 Å². The number of amides is 1. The Morgan fingerprint density at radius 1 is 1.25 bits per heavy atom. The van der Waals surface area contributed by atoms with Gasteiger partial charge in [-0.1, -0.05) is 0 Å². The Morgan fingerprint density at radius 3 is 3.00 bits per heavy atom. The molecule has 3 aromatic rings. The normalized spacial score (nSPS) is 18.0. The predicted octanol–water partition coefficient (Wildman–Crippen LogP) is 2.20. The number of rotatable bonds is 2. The Balaban J connectivity index is 1.72. The van der Waals surface area contributed by atoms with Crippen molar-refractivity contribution in [3.05, 3.63) is 54.0 Å². The van der Waals surface area contributed by atoms with Crippen LogP contribution in [0.2, 0.25) is 0 Å². The van der Waals surface area contributed by atoms with E-state index in [1.54, 1.807) is 23.1 Å². The smallest absolute Gasteiger partial charge is 0.274 e. The van der Waals surface area contributed by atoms with Crippen LogP contribution in [0.15, 0.2) is 36.9 Å². The summed E-state index contributed by atoms with van der Waals surface area (Å²) in [6.45, 7) is 2.72. The van der Waals surface area contributed by atoms with Crippen molar-refractivity contribution < 1.29 is 4.79 Å². The highest BCUT2D eigenvalue weighted by Gasteiger charge is 2.30. The topological polar surface area (TPSA) is 76.3 Å². The Kier molecular flexibility index (Phi) is 3.68. The SMILES string of the molecule is Cc1cc(C2CCCCN2C(=O)c2cnccn2)nc2ccnn12. The second-order valence-corrected chi connectivity index (χ2v) is 6.02. The van der Waals surface area contributed by atoms with Gasteiger partial charge in [0.2, 0.25) is 0 Å². The molecule has 0 radical (unpaired) electrons. The van der Waals surface area contributed by atoms with E-state index in [1.165, 1.54) is 6.20 Å². The molecule has 1 atom stereocenters. The average molecular weight is 322 g/mol. The molecular formula is C17H18N6O. The molecule has 3 aromatic heterocycles. The number of aromatic nitrogens is 5. The first-order valence-corrected chi connectivity index (χ1v) is 8.12. The summed E-state index contributed by atoms with van der Waals surface area (Å²) in [5, 5.41) is 4.26. The van der Waals surface area contributed by atoms with Crippen molar-refractivity contribution in [2.24, 2.45) is 0 Å². The van der Waals surface area contributed by atoms with Gasteiger partial charge in [-0.25, -0.2) is 14.5 Å². The summed E-state index contributed by atoms with van der Waals surface area (Å²) < 4.78 is 1.81. The fraction of sp³-hybridized carbons (Fsp3) is 0.353. The van der Waals surface area contributed by atoms with Gasteiger partial charge in [0.15, 0.2) is 5.65 Å². The lowest BCUT2D eigenvalue weighted by Crippen LogP contribution is -2.39. The molecule has 1 aliphatic heterocycles. The lowest BCUT2D eigenvalue weighted by molar-refractivity contribution is 0.0599. The highest BCUT2D eigenvalue weighted by Crippen LogP contribution is 2.31. The number of likely N-dealkylation sites (tertiary alicyclic amines) is 1. The molecule has 0 saturated carbocycles. The predicted molar refractivity (Wildman–Crippen MR) is 87.4 cm³/mol. The zero-order valence-electron chi connectivity index (χ0n) is 13.5. The Bertz CT molecular complexity index is 875. The number of hydrogen-bond donors (Lipinski definition) is 0. The van der Waals surface area contributed by atoms with E-state index in [4.69, 9.17) is 4.98 Å². The molecule has 0 spiro atoms. The summed E-state index contributed by atoms with van der Waals surface area (Å²) in [5.74, 6) is -0.0827. The van der Waals surface area contributed by atoms with E-state index >= 15 is 0 Å². The first-order chi connectivity index (χ1) is 11.7. The quantitative estimate of drug-likeness (QED) is 0.723. The molecule has 0 aromatic carbocycles. The zero-order valence-corrected chi connectivity index (χ0v) is 13.5. The zero-order chi connectivity index (χ0) is 16.5. The third-order valence-corrected chi connectivity index (χ3v) is 4.44. The van der Waals surface area contributed by atoms with Crippen molar-refractivity contribution in [3.63, 3.8) is 0 Å². The molecule has 7 heteroatoms. The molecule has 0 N–H and O–H groups in total. The van der Waals surface area contributed by atoms with Gasteiger partial charge in [-0.2, -0.15) is 5.10 Å². The fourth-order valence-corrected chi connectivity index (χ4v) is 3.30. The maximum atomic E-state index is 12.9. The number of carbonyl (C=O) groups excluding carboxylic acids is 1. The van der Waals surface area contributed by atoms with E-state index in [0.29, 0.717) is 12.2 Å². The van der Waals surface area contributed by atoms with Gasteiger partial charge in [0.05, 0.1) is 24.1 Å². The third-order valence-electron chi connectivity index (χ3n) is 4.44. The fourth-order valence-electron chi connectivity index (χ4n) is 3.30. The number of carbonyl (C=O) groups is 1. The van der Waals surface area contributed by atoms with Crippen molar-refractivity contribution in [1.29, 1.82) is 0 Å². The monoisotopic (exact) mass is 322 g/mol. The van der Waals surface area contributed by atoms with Gasteiger partial charge in [0.25, 0.3) is 5.91 Å². The summed E-state index contributed by atoms with van der Waals surface area (Å²) in [6.07, 6.45) is 9.37. The molecule has 1 aliphatic rings. The van der Waals surface area contributed by atoms with Crippen molar-refractivity contribution in [1.82, 2.24) is 29.5 Å². The van der Waals surface area contributed by atoms with Gasteiger partial charge in [-0.05, 0) is 32.3 Å². The number of hydrogen-bond acceptors (Lipinski definition) is 5. The van der Waals surface area contributed by atoms with Gasteiger partial charge >= 0.3 is 0 Å². The molecule has 1 saturated heterocycles. The van der Waals surface area contributed by atoms with Crippen molar-refractivity contribution in [2.75, 3.05) is 6.54 Å². The van der Waals surface area contributed by atoms with Crippen LogP contribution < -0.4 is 0 Å². The van der Waals surface area contributed by atoms with Gasteiger partial charge in [-0.15, -0.1) is 0 Å². The van der Waals surface area contributed by atoms with Crippen LogP contribution in [-0.2, 0) is 0 Å². The van der Waals surface area contributed by atoms with Crippen LogP contribution in [0.3, 0.4) is 0 Å². The van der Waals surface area contributed by atoms with Crippen LogP contribution in [0, 0.1) is 6.92 Å². The third kappa shape index (κ3) is 2.51. The summed E-state index contributed by atoms with van der Waals surface area (Å²) in [5.41, 5.74) is 3.11. The molecule has 0 aliphatic carbocycles. The molecule has 0 bridgehead atoms. The van der Waals surface area contributed by atoms with Gasteiger partial charge < -0.3 is 4.90 Å². The Hall–Kier alpha value is -2.83. The van der Waals surface area contributed by atoms with E-state index < -0.39 is 0 Å². The number of piperidine rings is 1. The lowest BCUT2D eigenvalue weighted by atomic mass is 9.98. The van der Waals surface area contributed by atoms with Gasteiger partial charge in [0, 0.05) is 30.7 Å². The molecule has 4 rings (SSSR count). The van der Waals surface area contributed by atoms with Crippen LogP contribution in [0.25, 0.3) is 5.65 Å². The van der Waals surface area contributed by atoms with Crippen molar-refractivity contribution in [2.45, 2.75) is 32.2 Å². The standard InChI is InChI=1S/C17H18N6O/c1-12-10-13(21-16-5-6-20-23(12)16)15-4-2-3-9-22(15)17(24)14-11-18-7-8-19-14/h5-8,10-11,15H,2-4,9H2,1H3. The second kappa shape index (κ2) is 5.99. The number of aryl methyl sites for hydroxylation is 1. The molecule has 7 nitrogen and oxygen atoms in total. The first-order valence-electron chi connectivity index (χ1n) is 8.12. The molecule has 24 heavy (non-hydrogen) atoms. The first kappa shape index (κ1) is 14.7. The summed E-state index contributed by atoms with van der Waals surface area (Å²) >= 11 is 0. The molecular weight excluding hydrogens is 304 g/mol. The molecule has 1 unspecified atom stereocenters. The minimum atomic E-state index is -0.0827. The summed E-state index contributed by atoms with van der Waals surface area (Å²) in [7, 11) is 0. The number of fused-ring (bicyclic) bond motifs is 1. The molecule has 1 fully saturated rings. The van der Waals surface area contributed by atoms with Crippen molar-refractivity contribution in [3.8, 4) is 0 Å². The molecule has 122 valence electrons. The average Bonchev–Trinajstić information content (AvgIpc) is 3.11. The van der Waals surface area contributed by atoms with E-state index in [9.17, 15) is 4.79 Å². The van der Waals surface area contributed by atoms with E-state index in [0.717, 1.165) is 36.3 Å². The Labute approximate surface area is 139 Å².